The van der Waals surface area contributed by atoms with Crippen molar-refractivity contribution in [2.45, 2.75) is 19.5 Å². The maximum Gasteiger partial charge on any atom is 0.252 e. The first-order chi connectivity index (χ1) is 8.70. The molecule has 1 aromatic heterocycles. The predicted octanol–water partition coefficient (Wildman–Crippen LogP) is 0.0988. The molecule has 100 valence electrons. The van der Waals surface area contributed by atoms with E-state index in [9.17, 15) is 4.79 Å². The minimum Gasteiger partial charge on any atom is -0.383 e. The topological polar surface area (TPSA) is 57.4 Å². The Morgan fingerprint density at radius 3 is 3.17 bits per heavy atom. The molecule has 0 spiro atoms. The summed E-state index contributed by atoms with van der Waals surface area (Å²) in [4.78, 5) is 17.2. The van der Waals surface area contributed by atoms with Crippen LogP contribution in [0.1, 0.15) is 16.8 Å². The summed E-state index contributed by atoms with van der Waals surface area (Å²) in [5.41, 5.74) is 3.18. The lowest BCUT2D eigenvalue weighted by Gasteiger charge is -2.24. The Labute approximate surface area is 107 Å². The highest BCUT2D eigenvalue weighted by molar-refractivity contribution is 5.27. The van der Waals surface area contributed by atoms with Gasteiger partial charge in [-0.3, -0.25) is 4.79 Å². The number of pyridine rings is 1. The lowest BCUT2D eigenvalue weighted by Crippen LogP contribution is -2.31. The third-order valence-corrected chi connectivity index (χ3v) is 3.27. The van der Waals surface area contributed by atoms with Crippen LogP contribution in [0.15, 0.2) is 10.9 Å². The molecular formula is C13H21N3O2. The molecule has 0 aromatic carbocycles. The van der Waals surface area contributed by atoms with Crippen molar-refractivity contribution < 1.29 is 4.74 Å². The SMILES string of the molecule is COCCNCc1cc2c([nH]c1=O)CCN(C)C2. The molecule has 0 aliphatic carbocycles. The first kappa shape index (κ1) is 13.3. The smallest absolute Gasteiger partial charge is 0.252 e. The highest BCUT2D eigenvalue weighted by atomic mass is 16.5. The number of hydrogen-bond acceptors (Lipinski definition) is 4. The van der Waals surface area contributed by atoms with Gasteiger partial charge in [0, 0.05) is 51.0 Å². The summed E-state index contributed by atoms with van der Waals surface area (Å²) in [6.45, 7) is 3.93. The molecule has 1 aliphatic heterocycles. The van der Waals surface area contributed by atoms with Crippen molar-refractivity contribution in [1.29, 1.82) is 0 Å². The summed E-state index contributed by atoms with van der Waals surface area (Å²) < 4.78 is 4.96. The van der Waals surface area contributed by atoms with E-state index in [1.165, 1.54) is 5.56 Å². The maximum atomic E-state index is 11.9. The van der Waals surface area contributed by atoms with Crippen LogP contribution in [0, 0.1) is 0 Å². The second-order valence-corrected chi connectivity index (χ2v) is 4.78. The number of H-pyrrole nitrogens is 1. The van der Waals surface area contributed by atoms with Gasteiger partial charge in [-0.15, -0.1) is 0 Å². The van der Waals surface area contributed by atoms with E-state index < -0.39 is 0 Å². The number of fused-ring (bicyclic) bond motifs is 1. The summed E-state index contributed by atoms with van der Waals surface area (Å²) in [6, 6.07) is 2.03. The van der Waals surface area contributed by atoms with Crippen molar-refractivity contribution in [2.75, 3.05) is 33.9 Å². The van der Waals surface area contributed by atoms with E-state index in [1.807, 2.05) is 6.07 Å². The monoisotopic (exact) mass is 251 g/mol. The zero-order chi connectivity index (χ0) is 13.0. The summed E-state index contributed by atoms with van der Waals surface area (Å²) in [6.07, 6.45) is 0.929. The molecule has 0 saturated heterocycles. The number of nitrogens with one attached hydrogen (secondary N) is 2. The Balaban J connectivity index is 2.07. The van der Waals surface area contributed by atoms with E-state index in [0.717, 1.165) is 37.3 Å². The number of ether oxygens (including phenoxy) is 1. The zero-order valence-electron chi connectivity index (χ0n) is 11.1. The average Bonchev–Trinajstić information content (AvgIpc) is 2.35. The first-order valence-corrected chi connectivity index (χ1v) is 6.33. The molecule has 5 nitrogen and oxygen atoms in total. The van der Waals surface area contributed by atoms with E-state index in [2.05, 4.69) is 22.2 Å². The van der Waals surface area contributed by atoms with Gasteiger partial charge in [0.2, 0.25) is 0 Å². The molecule has 0 radical (unpaired) electrons. The third-order valence-electron chi connectivity index (χ3n) is 3.27. The van der Waals surface area contributed by atoms with E-state index in [-0.39, 0.29) is 5.56 Å². The van der Waals surface area contributed by atoms with Crippen molar-refractivity contribution in [2.24, 2.45) is 0 Å². The number of methoxy groups -OCH3 is 1. The van der Waals surface area contributed by atoms with Crippen LogP contribution in [0.2, 0.25) is 0 Å². The van der Waals surface area contributed by atoms with E-state index in [4.69, 9.17) is 4.74 Å². The highest BCUT2D eigenvalue weighted by Crippen LogP contribution is 2.14. The molecule has 0 bridgehead atoms. The molecule has 2 N–H and O–H groups in total. The first-order valence-electron chi connectivity index (χ1n) is 6.33. The van der Waals surface area contributed by atoms with Crippen LogP contribution in [0.4, 0.5) is 0 Å². The lowest BCUT2D eigenvalue weighted by molar-refractivity contribution is 0.199. The van der Waals surface area contributed by atoms with Crippen molar-refractivity contribution in [3.05, 3.63) is 33.2 Å². The standard InChI is InChI=1S/C13H21N3O2/c1-16-5-3-12-11(9-16)7-10(13(17)15-12)8-14-4-6-18-2/h7,14H,3-6,8-9H2,1-2H3,(H,15,17). The van der Waals surface area contributed by atoms with Crippen LogP contribution < -0.4 is 10.9 Å². The summed E-state index contributed by atoms with van der Waals surface area (Å²) in [7, 11) is 3.77. The van der Waals surface area contributed by atoms with Gasteiger partial charge in [-0.1, -0.05) is 0 Å². The minimum atomic E-state index is 0.0308. The fourth-order valence-corrected chi connectivity index (χ4v) is 2.23. The van der Waals surface area contributed by atoms with Crippen LogP contribution in [-0.4, -0.2) is 43.7 Å². The van der Waals surface area contributed by atoms with Gasteiger partial charge >= 0.3 is 0 Å². The quantitative estimate of drug-likeness (QED) is 0.729. The molecular weight excluding hydrogens is 230 g/mol. The third kappa shape index (κ3) is 3.19. The zero-order valence-corrected chi connectivity index (χ0v) is 11.1. The van der Waals surface area contributed by atoms with Gasteiger partial charge in [-0.25, -0.2) is 0 Å². The number of rotatable bonds is 5. The van der Waals surface area contributed by atoms with E-state index in [1.54, 1.807) is 7.11 Å². The molecule has 18 heavy (non-hydrogen) atoms. The molecule has 2 heterocycles. The van der Waals surface area contributed by atoms with Gasteiger partial charge in [-0.2, -0.15) is 0 Å². The van der Waals surface area contributed by atoms with E-state index >= 15 is 0 Å². The normalized spacial score (nSPS) is 15.7. The lowest BCUT2D eigenvalue weighted by atomic mass is 10.0. The molecule has 0 atom stereocenters. The van der Waals surface area contributed by atoms with Crippen molar-refractivity contribution in [3.8, 4) is 0 Å². The second-order valence-electron chi connectivity index (χ2n) is 4.78. The summed E-state index contributed by atoms with van der Waals surface area (Å²) in [5.74, 6) is 0. The van der Waals surface area contributed by atoms with Crippen LogP contribution in [-0.2, 0) is 24.2 Å². The van der Waals surface area contributed by atoms with Gasteiger partial charge < -0.3 is 19.9 Å². The molecule has 5 heteroatoms. The largest absolute Gasteiger partial charge is 0.383 e. The average molecular weight is 251 g/mol. The Morgan fingerprint density at radius 2 is 2.39 bits per heavy atom. The minimum absolute atomic E-state index is 0.0308. The maximum absolute atomic E-state index is 11.9. The number of hydrogen-bond donors (Lipinski definition) is 2. The van der Waals surface area contributed by atoms with Gasteiger partial charge in [-0.05, 0) is 18.7 Å². The van der Waals surface area contributed by atoms with Crippen LogP contribution in [0.3, 0.4) is 0 Å². The Kier molecular flexibility index (Phi) is 4.52. The van der Waals surface area contributed by atoms with Gasteiger partial charge in [0.1, 0.15) is 0 Å². The van der Waals surface area contributed by atoms with Gasteiger partial charge in [0.05, 0.1) is 6.61 Å². The van der Waals surface area contributed by atoms with Crippen LogP contribution in [0.25, 0.3) is 0 Å². The van der Waals surface area contributed by atoms with Gasteiger partial charge in [0.15, 0.2) is 0 Å². The summed E-state index contributed by atoms with van der Waals surface area (Å²) in [5, 5.41) is 3.20. The fourth-order valence-electron chi connectivity index (χ4n) is 2.23. The number of aromatic amines is 1. The Morgan fingerprint density at radius 1 is 1.56 bits per heavy atom. The van der Waals surface area contributed by atoms with E-state index in [0.29, 0.717) is 13.2 Å². The highest BCUT2D eigenvalue weighted by Gasteiger charge is 2.15. The van der Waals surface area contributed by atoms with Crippen LogP contribution >= 0.6 is 0 Å². The van der Waals surface area contributed by atoms with Crippen molar-refractivity contribution >= 4 is 0 Å². The molecule has 1 aromatic rings. The number of likely N-dealkylation sites (N-methyl/N-ethyl adjacent to an activating group) is 1. The number of aromatic nitrogens is 1. The summed E-state index contributed by atoms with van der Waals surface area (Å²) >= 11 is 0. The van der Waals surface area contributed by atoms with Gasteiger partial charge in [0.25, 0.3) is 5.56 Å². The Hall–Kier alpha value is -1.17. The Bertz CT molecular complexity index is 456. The molecule has 0 fully saturated rings. The number of nitrogens with zero attached hydrogens (tertiary/aromatic N) is 1. The second kappa shape index (κ2) is 6.13. The van der Waals surface area contributed by atoms with Crippen molar-refractivity contribution in [3.63, 3.8) is 0 Å². The molecule has 0 saturated carbocycles. The predicted molar refractivity (Wildman–Crippen MR) is 70.7 cm³/mol. The molecule has 2 rings (SSSR count). The molecule has 0 unspecified atom stereocenters. The van der Waals surface area contributed by atoms with Crippen LogP contribution in [0.5, 0.6) is 0 Å². The van der Waals surface area contributed by atoms with Crippen molar-refractivity contribution in [1.82, 2.24) is 15.2 Å². The fraction of sp³-hybridized carbons (Fsp3) is 0.615. The molecule has 0 amide bonds. The molecule has 1 aliphatic rings.